The Bertz CT molecular complexity index is 989. The summed E-state index contributed by atoms with van der Waals surface area (Å²) >= 11 is 0. The normalized spacial score (nSPS) is 13.9. The maximum Gasteiger partial charge on any atom is 0.254 e. The van der Waals surface area contributed by atoms with Gasteiger partial charge < -0.3 is 14.5 Å². The monoisotopic (exact) mass is 414 g/mol. The van der Waals surface area contributed by atoms with Gasteiger partial charge in [-0.3, -0.25) is 9.59 Å². The number of carbonyl (C=O) groups excluding carboxylic acids is 2. The Hall–Kier alpha value is -3.60. The van der Waals surface area contributed by atoms with Crippen molar-refractivity contribution in [3.63, 3.8) is 0 Å². The van der Waals surface area contributed by atoms with Crippen LogP contribution in [0, 0.1) is 0 Å². The lowest BCUT2D eigenvalue weighted by molar-refractivity contribution is -0.133. The SMILES string of the molecule is COc1cccc(C(=O)N2CCN(C(=O)C(c3ccccc3)c3ccccc3)CC2)c1. The molecule has 3 aromatic rings. The number of rotatable bonds is 5. The number of carbonyl (C=O) groups is 2. The predicted molar refractivity (Wildman–Crippen MR) is 120 cm³/mol. The van der Waals surface area contributed by atoms with Crippen LogP contribution >= 0.6 is 0 Å². The van der Waals surface area contributed by atoms with Crippen molar-refractivity contribution in [3.05, 3.63) is 102 Å². The lowest BCUT2D eigenvalue weighted by Crippen LogP contribution is -2.51. The highest BCUT2D eigenvalue weighted by atomic mass is 16.5. The lowest BCUT2D eigenvalue weighted by Gasteiger charge is -2.36. The fourth-order valence-corrected chi connectivity index (χ4v) is 4.02. The van der Waals surface area contributed by atoms with E-state index in [1.165, 1.54) is 0 Å². The summed E-state index contributed by atoms with van der Waals surface area (Å²) in [5.74, 6) is 0.357. The molecule has 1 fully saturated rings. The molecule has 0 saturated carbocycles. The largest absolute Gasteiger partial charge is 0.497 e. The van der Waals surface area contributed by atoms with Crippen LogP contribution < -0.4 is 4.74 Å². The summed E-state index contributed by atoms with van der Waals surface area (Å²) in [6.07, 6.45) is 0. The van der Waals surface area contributed by atoms with Gasteiger partial charge in [0, 0.05) is 31.7 Å². The summed E-state index contributed by atoms with van der Waals surface area (Å²) in [4.78, 5) is 30.1. The molecule has 4 rings (SSSR count). The highest BCUT2D eigenvalue weighted by molar-refractivity contribution is 5.95. The third kappa shape index (κ3) is 4.61. The van der Waals surface area contributed by atoms with Crippen molar-refractivity contribution in [2.45, 2.75) is 5.92 Å². The van der Waals surface area contributed by atoms with Crippen LogP contribution in [0.2, 0.25) is 0 Å². The lowest BCUT2D eigenvalue weighted by atomic mass is 9.90. The van der Waals surface area contributed by atoms with E-state index in [1.54, 1.807) is 24.1 Å². The minimum atomic E-state index is -0.344. The molecule has 1 aliphatic rings. The van der Waals surface area contributed by atoms with Crippen LogP contribution in [0.25, 0.3) is 0 Å². The molecule has 0 aromatic heterocycles. The van der Waals surface area contributed by atoms with Crippen molar-refractivity contribution < 1.29 is 14.3 Å². The molecule has 0 unspecified atom stereocenters. The highest BCUT2D eigenvalue weighted by Crippen LogP contribution is 2.27. The highest BCUT2D eigenvalue weighted by Gasteiger charge is 2.31. The van der Waals surface area contributed by atoms with E-state index in [9.17, 15) is 9.59 Å². The molecule has 2 amide bonds. The maximum absolute atomic E-state index is 13.5. The van der Waals surface area contributed by atoms with E-state index in [4.69, 9.17) is 4.74 Å². The fraction of sp³-hybridized carbons (Fsp3) is 0.231. The summed E-state index contributed by atoms with van der Waals surface area (Å²) in [6, 6.07) is 26.9. The fourth-order valence-electron chi connectivity index (χ4n) is 4.02. The van der Waals surface area contributed by atoms with Crippen LogP contribution in [0.4, 0.5) is 0 Å². The van der Waals surface area contributed by atoms with Crippen molar-refractivity contribution in [1.82, 2.24) is 9.80 Å². The van der Waals surface area contributed by atoms with Gasteiger partial charge in [-0.25, -0.2) is 0 Å². The molecular weight excluding hydrogens is 388 g/mol. The number of methoxy groups -OCH3 is 1. The second-order valence-corrected chi connectivity index (χ2v) is 7.60. The molecule has 3 aromatic carbocycles. The minimum Gasteiger partial charge on any atom is -0.497 e. The Morgan fingerprint density at radius 1 is 0.742 bits per heavy atom. The average molecular weight is 415 g/mol. The van der Waals surface area contributed by atoms with Gasteiger partial charge in [0.15, 0.2) is 0 Å². The maximum atomic E-state index is 13.5. The second kappa shape index (κ2) is 9.47. The van der Waals surface area contributed by atoms with Gasteiger partial charge in [0.05, 0.1) is 13.0 Å². The number of ether oxygens (including phenoxy) is 1. The number of hydrogen-bond acceptors (Lipinski definition) is 3. The average Bonchev–Trinajstić information content (AvgIpc) is 2.85. The number of piperazine rings is 1. The van der Waals surface area contributed by atoms with Crippen LogP contribution in [-0.4, -0.2) is 54.9 Å². The third-order valence-electron chi connectivity index (χ3n) is 5.71. The van der Waals surface area contributed by atoms with Gasteiger partial charge in [-0.1, -0.05) is 66.7 Å². The van der Waals surface area contributed by atoms with Crippen molar-refractivity contribution in [3.8, 4) is 5.75 Å². The van der Waals surface area contributed by atoms with Gasteiger partial charge in [-0.15, -0.1) is 0 Å². The molecule has 1 heterocycles. The second-order valence-electron chi connectivity index (χ2n) is 7.60. The molecular formula is C26H26N2O3. The molecule has 0 bridgehead atoms. The van der Waals surface area contributed by atoms with Crippen molar-refractivity contribution in [1.29, 1.82) is 0 Å². The van der Waals surface area contributed by atoms with E-state index < -0.39 is 0 Å². The zero-order chi connectivity index (χ0) is 21.6. The van der Waals surface area contributed by atoms with Gasteiger partial charge in [0.2, 0.25) is 5.91 Å². The van der Waals surface area contributed by atoms with Gasteiger partial charge >= 0.3 is 0 Å². The summed E-state index contributed by atoms with van der Waals surface area (Å²) in [5.41, 5.74) is 2.56. The molecule has 0 radical (unpaired) electrons. The molecule has 5 heteroatoms. The smallest absolute Gasteiger partial charge is 0.254 e. The molecule has 0 spiro atoms. The van der Waals surface area contributed by atoms with Crippen LogP contribution in [0.1, 0.15) is 27.4 Å². The molecule has 0 N–H and O–H groups in total. The standard InChI is InChI=1S/C26H26N2O3/c1-31-23-14-8-13-22(19-23)25(29)27-15-17-28(18-16-27)26(30)24(20-9-4-2-5-10-20)21-11-6-3-7-12-21/h2-14,19,24H,15-18H2,1H3. The van der Waals surface area contributed by atoms with Gasteiger partial charge in [-0.05, 0) is 29.3 Å². The minimum absolute atomic E-state index is 0.0336. The number of nitrogens with zero attached hydrogens (tertiary/aromatic N) is 2. The van der Waals surface area contributed by atoms with Crippen LogP contribution in [-0.2, 0) is 4.79 Å². The Morgan fingerprint density at radius 2 is 1.29 bits per heavy atom. The molecule has 0 aliphatic carbocycles. The summed E-state index contributed by atoms with van der Waals surface area (Å²) in [5, 5.41) is 0. The van der Waals surface area contributed by atoms with Gasteiger partial charge in [0.1, 0.15) is 5.75 Å². The molecule has 31 heavy (non-hydrogen) atoms. The molecule has 158 valence electrons. The first-order chi connectivity index (χ1) is 15.2. The van der Waals surface area contributed by atoms with E-state index in [-0.39, 0.29) is 17.7 Å². The van der Waals surface area contributed by atoms with Gasteiger partial charge in [-0.2, -0.15) is 0 Å². The molecule has 5 nitrogen and oxygen atoms in total. The van der Waals surface area contributed by atoms with Crippen LogP contribution in [0.15, 0.2) is 84.9 Å². The van der Waals surface area contributed by atoms with Crippen LogP contribution in [0.3, 0.4) is 0 Å². The van der Waals surface area contributed by atoms with E-state index in [0.29, 0.717) is 37.5 Å². The molecule has 1 saturated heterocycles. The molecule has 0 atom stereocenters. The zero-order valence-electron chi connectivity index (χ0n) is 17.6. The van der Waals surface area contributed by atoms with Gasteiger partial charge in [0.25, 0.3) is 5.91 Å². The number of hydrogen-bond donors (Lipinski definition) is 0. The van der Waals surface area contributed by atoms with Crippen molar-refractivity contribution >= 4 is 11.8 Å². The summed E-state index contributed by atoms with van der Waals surface area (Å²) in [6.45, 7) is 2.06. The Balaban J connectivity index is 1.48. The quantitative estimate of drug-likeness (QED) is 0.638. The Kier molecular flexibility index (Phi) is 6.32. The first kappa shape index (κ1) is 20.7. The topological polar surface area (TPSA) is 49.9 Å². The molecule has 1 aliphatic heterocycles. The third-order valence-corrected chi connectivity index (χ3v) is 5.71. The van der Waals surface area contributed by atoms with E-state index in [0.717, 1.165) is 11.1 Å². The van der Waals surface area contributed by atoms with Crippen molar-refractivity contribution in [2.75, 3.05) is 33.3 Å². The van der Waals surface area contributed by atoms with E-state index in [1.807, 2.05) is 77.7 Å². The van der Waals surface area contributed by atoms with E-state index in [2.05, 4.69) is 0 Å². The first-order valence-electron chi connectivity index (χ1n) is 10.5. The van der Waals surface area contributed by atoms with Crippen molar-refractivity contribution in [2.24, 2.45) is 0 Å². The Labute approximate surface area is 182 Å². The first-order valence-corrected chi connectivity index (χ1v) is 10.5. The summed E-state index contributed by atoms with van der Waals surface area (Å²) < 4.78 is 5.23. The number of benzene rings is 3. The van der Waals surface area contributed by atoms with Crippen LogP contribution in [0.5, 0.6) is 5.75 Å². The Morgan fingerprint density at radius 3 is 1.84 bits per heavy atom. The predicted octanol–water partition coefficient (Wildman–Crippen LogP) is 3.81. The van der Waals surface area contributed by atoms with E-state index >= 15 is 0 Å². The summed E-state index contributed by atoms with van der Waals surface area (Å²) in [7, 11) is 1.59. The number of amides is 2. The zero-order valence-corrected chi connectivity index (χ0v) is 17.6.